The molecule has 136 valence electrons. The molecule has 3 rings (SSSR count). The lowest BCUT2D eigenvalue weighted by Crippen LogP contribution is -2.40. The normalized spacial score (nSPS) is 19.4. The van der Waals surface area contributed by atoms with Crippen molar-refractivity contribution in [1.29, 1.82) is 0 Å². The van der Waals surface area contributed by atoms with E-state index in [-0.39, 0.29) is 18.9 Å². The van der Waals surface area contributed by atoms with Gasteiger partial charge in [-0.2, -0.15) is 10.2 Å². The SMILES string of the molecule is C#CCCC1(CCC(=O)N2Cc3ccc(OC)cc3C(C(=O)O)C2)N=N1. The number of hydrogen-bond acceptors (Lipinski definition) is 5. The molecule has 0 aromatic heterocycles. The Morgan fingerprint density at radius 1 is 1.42 bits per heavy atom. The summed E-state index contributed by atoms with van der Waals surface area (Å²) in [7, 11) is 1.54. The number of carbonyl (C=O) groups is 2. The summed E-state index contributed by atoms with van der Waals surface area (Å²) < 4.78 is 5.19. The van der Waals surface area contributed by atoms with Crippen molar-refractivity contribution < 1.29 is 19.4 Å². The van der Waals surface area contributed by atoms with Crippen LogP contribution in [0.2, 0.25) is 0 Å². The highest BCUT2D eigenvalue weighted by atomic mass is 16.5. The Kier molecular flexibility index (Phi) is 4.94. The van der Waals surface area contributed by atoms with Crippen molar-refractivity contribution in [3.8, 4) is 18.1 Å². The van der Waals surface area contributed by atoms with E-state index in [0.717, 1.165) is 5.56 Å². The summed E-state index contributed by atoms with van der Waals surface area (Å²) in [5, 5.41) is 17.7. The van der Waals surface area contributed by atoms with Crippen LogP contribution in [0.3, 0.4) is 0 Å². The van der Waals surface area contributed by atoms with Crippen LogP contribution in [-0.2, 0) is 16.1 Å². The predicted octanol–water partition coefficient (Wildman–Crippen LogP) is 2.56. The van der Waals surface area contributed by atoms with E-state index in [1.807, 2.05) is 6.07 Å². The van der Waals surface area contributed by atoms with Crippen molar-refractivity contribution in [1.82, 2.24) is 4.90 Å². The Morgan fingerprint density at radius 2 is 2.19 bits per heavy atom. The summed E-state index contributed by atoms with van der Waals surface area (Å²) in [4.78, 5) is 25.9. The largest absolute Gasteiger partial charge is 0.497 e. The Balaban J connectivity index is 1.68. The average Bonchev–Trinajstić information content (AvgIpc) is 3.43. The van der Waals surface area contributed by atoms with Crippen LogP contribution in [-0.4, -0.2) is 41.2 Å². The maximum atomic E-state index is 12.6. The highest BCUT2D eigenvalue weighted by Crippen LogP contribution is 2.38. The van der Waals surface area contributed by atoms with Crippen LogP contribution in [0.25, 0.3) is 0 Å². The van der Waals surface area contributed by atoms with Gasteiger partial charge in [-0.1, -0.05) is 6.07 Å². The molecule has 1 amide bonds. The first kappa shape index (κ1) is 17.9. The molecule has 0 spiro atoms. The van der Waals surface area contributed by atoms with Crippen molar-refractivity contribution in [2.24, 2.45) is 10.2 Å². The number of fused-ring (bicyclic) bond motifs is 1. The van der Waals surface area contributed by atoms with E-state index in [1.165, 1.54) is 0 Å². The van der Waals surface area contributed by atoms with Gasteiger partial charge in [-0.25, -0.2) is 0 Å². The molecule has 0 aliphatic carbocycles. The van der Waals surface area contributed by atoms with E-state index in [0.29, 0.717) is 37.1 Å². The van der Waals surface area contributed by atoms with Crippen LogP contribution in [0.5, 0.6) is 5.75 Å². The summed E-state index contributed by atoms with van der Waals surface area (Å²) in [6.45, 7) is 0.549. The molecule has 2 aliphatic rings. The van der Waals surface area contributed by atoms with Gasteiger partial charge in [-0.05, 0) is 23.3 Å². The maximum Gasteiger partial charge on any atom is 0.312 e. The molecule has 0 saturated carbocycles. The summed E-state index contributed by atoms with van der Waals surface area (Å²) in [6.07, 6.45) is 7.28. The molecule has 0 saturated heterocycles. The van der Waals surface area contributed by atoms with Gasteiger partial charge in [0, 0.05) is 38.8 Å². The van der Waals surface area contributed by atoms with Gasteiger partial charge in [0.05, 0.1) is 13.0 Å². The highest BCUT2D eigenvalue weighted by molar-refractivity contribution is 5.81. The van der Waals surface area contributed by atoms with E-state index >= 15 is 0 Å². The van der Waals surface area contributed by atoms with Crippen molar-refractivity contribution in [2.45, 2.75) is 43.8 Å². The minimum Gasteiger partial charge on any atom is -0.497 e. The Hall–Kier alpha value is -2.88. The molecule has 0 fully saturated rings. The summed E-state index contributed by atoms with van der Waals surface area (Å²) in [5.41, 5.74) is 1.04. The van der Waals surface area contributed by atoms with Gasteiger partial charge in [0.15, 0.2) is 5.66 Å². The van der Waals surface area contributed by atoms with E-state index in [1.54, 1.807) is 24.1 Å². The maximum absolute atomic E-state index is 12.6. The first-order valence-corrected chi connectivity index (χ1v) is 8.53. The van der Waals surface area contributed by atoms with Crippen molar-refractivity contribution in [3.63, 3.8) is 0 Å². The third-order valence-corrected chi connectivity index (χ3v) is 4.94. The molecule has 0 radical (unpaired) electrons. The van der Waals surface area contributed by atoms with E-state index < -0.39 is 17.6 Å². The number of methoxy groups -OCH3 is 1. The van der Waals surface area contributed by atoms with Crippen LogP contribution >= 0.6 is 0 Å². The Bertz CT molecular complexity index is 790. The second-order valence-corrected chi connectivity index (χ2v) is 6.62. The van der Waals surface area contributed by atoms with Gasteiger partial charge in [0.25, 0.3) is 0 Å². The minimum atomic E-state index is -0.949. The van der Waals surface area contributed by atoms with Crippen molar-refractivity contribution in [2.75, 3.05) is 13.7 Å². The summed E-state index contributed by atoms with van der Waals surface area (Å²) in [5.74, 6) is 1.38. The number of carboxylic acids is 1. The molecule has 1 unspecified atom stereocenters. The van der Waals surface area contributed by atoms with Crippen LogP contribution in [0.1, 0.15) is 42.7 Å². The van der Waals surface area contributed by atoms with Gasteiger partial charge in [-0.15, -0.1) is 12.3 Å². The Morgan fingerprint density at radius 3 is 2.81 bits per heavy atom. The monoisotopic (exact) mass is 355 g/mol. The minimum absolute atomic E-state index is 0.0879. The highest BCUT2D eigenvalue weighted by Gasteiger charge is 2.40. The lowest BCUT2D eigenvalue weighted by Gasteiger charge is -2.33. The quantitative estimate of drug-likeness (QED) is 0.761. The topological polar surface area (TPSA) is 91.6 Å². The van der Waals surface area contributed by atoms with Gasteiger partial charge in [0.1, 0.15) is 5.75 Å². The number of terminal acetylenes is 1. The molecule has 26 heavy (non-hydrogen) atoms. The number of nitrogens with zero attached hydrogens (tertiary/aromatic N) is 3. The third-order valence-electron chi connectivity index (χ3n) is 4.94. The molecule has 1 N–H and O–H groups in total. The molecule has 2 heterocycles. The Labute approximate surface area is 152 Å². The van der Waals surface area contributed by atoms with Crippen LogP contribution in [0.15, 0.2) is 28.4 Å². The van der Waals surface area contributed by atoms with E-state index in [4.69, 9.17) is 11.2 Å². The fourth-order valence-corrected chi connectivity index (χ4v) is 3.29. The van der Waals surface area contributed by atoms with Crippen LogP contribution in [0, 0.1) is 12.3 Å². The molecule has 2 aliphatic heterocycles. The zero-order chi connectivity index (χ0) is 18.7. The van der Waals surface area contributed by atoms with E-state index in [2.05, 4.69) is 16.1 Å². The molecule has 1 atom stereocenters. The molecular weight excluding hydrogens is 334 g/mol. The number of carbonyl (C=O) groups excluding carboxylic acids is 1. The zero-order valence-corrected chi connectivity index (χ0v) is 14.6. The summed E-state index contributed by atoms with van der Waals surface area (Å²) >= 11 is 0. The second kappa shape index (κ2) is 7.16. The molecule has 7 heteroatoms. The first-order chi connectivity index (χ1) is 12.5. The van der Waals surface area contributed by atoms with Crippen molar-refractivity contribution in [3.05, 3.63) is 29.3 Å². The van der Waals surface area contributed by atoms with Gasteiger partial charge in [-0.3, -0.25) is 9.59 Å². The average molecular weight is 355 g/mol. The number of aliphatic carboxylic acids is 1. The van der Waals surface area contributed by atoms with Crippen LogP contribution in [0.4, 0.5) is 0 Å². The number of carboxylic acid groups (broad SMARTS) is 1. The number of amides is 1. The third kappa shape index (κ3) is 3.69. The van der Waals surface area contributed by atoms with Gasteiger partial charge >= 0.3 is 5.97 Å². The molecule has 0 bridgehead atoms. The number of hydrogen-bond donors (Lipinski definition) is 1. The lowest BCUT2D eigenvalue weighted by molar-refractivity contribution is -0.141. The van der Waals surface area contributed by atoms with E-state index in [9.17, 15) is 14.7 Å². The standard InChI is InChI=1S/C19H21N3O4/c1-3-4-8-19(20-21-19)9-7-17(23)22-11-13-5-6-14(26-2)10-15(13)16(12-22)18(24)25/h1,5-6,10,16H,4,7-9,11-12H2,2H3,(H,24,25). The van der Waals surface area contributed by atoms with Crippen molar-refractivity contribution >= 4 is 11.9 Å². The number of rotatable bonds is 7. The molecule has 1 aromatic rings. The fraction of sp³-hybridized carbons (Fsp3) is 0.474. The molecule has 7 nitrogen and oxygen atoms in total. The first-order valence-electron chi connectivity index (χ1n) is 8.53. The predicted molar refractivity (Wildman–Crippen MR) is 93.7 cm³/mol. The number of ether oxygens (including phenoxy) is 1. The van der Waals surface area contributed by atoms with Crippen LogP contribution < -0.4 is 4.74 Å². The smallest absolute Gasteiger partial charge is 0.312 e. The van der Waals surface area contributed by atoms with Gasteiger partial charge in [0.2, 0.25) is 5.91 Å². The van der Waals surface area contributed by atoms with Gasteiger partial charge < -0.3 is 14.7 Å². The number of benzene rings is 1. The lowest BCUT2D eigenvalue weighted by atomic mass is 9.89. The molecular formula is C19H21N3O4. The molecule has 1 aromatic carbocycles. The zero-order valence-electron chi connectivity index (χ0n) is 14.6. The second-order valence-electron chi connectivity index (χ2n) is 6.62. The fourth-order valence-electron chi connectivity index (χ4n) is 3.29. The summed E-state index contributed by atoms with van der Waals surface area (Å²) in [6, 6.07) is 5.35.